The van der Waals surface area contributed by atoms with E-state index in [1.807, 2.05) is 6.07 Å². The molecule has 0 spiro atoms. The number of halogens is 1. The highest BCUT2D eigenvalue weighted by molar-refractivity contribution is 5.92. The number of pyridine rings is 1. The van der Waals surface area contributed by atoms with E-state index in [9.17, 15) is 18.8 Å². The summed E-state index contributed by atoms with van der Waals surface area (Å²) < 4.78 is 33.7. The largest absolute Gasteiger partial charge is 0.493 e. The van der Waals surface area contributed by atoms with Gasteiger partial charge in [-0.1, -0.05) is 12.1 Å². The highest BCUT2D eigenvalue weighted by Crippen LogP contribution is 2.29. The van der Waals surface area contributed by atoms with Crippen LogP contribution in [0, 0.1) is 5.82 Å². The van der Waals surface area contributed by atoms with Crippen molar-refractivity contribution >= 4 is 17.7 Å². The molecule has 6 rings (SSSR count). The highest BCUT2D eigenvalue weighted by Gasteiger charge is 2.35. The molecule has 1 saturated heterocycles. The molecule has 2 aliphatic rings. The zero-order valence-electron chi connectivity index (χ0n) is 25.0. The summed E-state index contributed by atoms with van der Waals surface area (Å²) in [5.74, 6) is 0.00765. The predicted octanol–water partition coefficient (Wildman–Crippen LogP) is 2.23. The third kappa shape index (κ3) is 7.22. The van der Waals surface area contributed by atoms with Crippen LogP contribution in [-0.4, -0.2) is 81.3 Å². The molecule has 2 atom stereocenters. The van der Waals surface area contributed by atoms with Crippen LogP contribution in [0.4, 0.5) is 4.39 Å². The summed E-state index contributed by atoms with van der Waals surface area (Å²) in [6.45, 7) is 0.167. The number of carbonyl (C=O) groups is 3. The number of likely N-dealkylation sites (tertiary alicyclic amines) is 1. The third-order valence-electron chi connectivity index (χ3n) is 7.76. The molecule has 0 aliphatic carbocycles. The summed E-state index contributed by atoms with van der Waals surface area (Å²) in [4.78, 5) is 45.5. The number of methoxy groups -OCH3 is 1. The van der Waals surface area contributed by atoms with Crippen LogP contribution in [0.25, 0.3) is 5.82 Å². The second-order valence-electron chi connectivity index (χ2n) is 11.0. The van der Waals surface area contributed by atoms with Crippen molar-refractivity contribution in [2.24, 2.45) is 0 Å². The Kier molecular flexibility index (Phi) is 9.03. The molecule has 2 aromatic heterocycles. The van der Waals surface area contributed by atoms with Crippen molar-refractivity contribution in [3.05, 3.63) is 89.9 Å². The first kappa shape index (κ1) is 30.5. The molecule has 2 aromatic carbocycles. The lowest BCUT2D eigenvalue weighted by atomic mass is 10.0. The number of carbonyl (C=O) groups excluding carboxylic acids is 3. The predicted molar refractivity (Wildman–Crippen MR) is 161 cm³/mol. The number of aryl methyl sites for hydroxylation is 1. The van der Waals surface area contributed by atoms with Crippen LogP contribution in [0.1, 0.15) is 34.5 Å². The molecule has 1 fully saturated rings. The molecule has 4 heterocycles. The Morgan fingerprint density at radius 3 is 2.70 bits per heavy atom. The Morgan fingerprint density at radius 1 is 1.02 bits per heavy atom. The minimum atomic E-state index is -0.673. The van der Waals surface area contributed by atoms with Crippen LogP contribution < -0.4 is 24.8 Å². The van der Waals surface area contributed by atoms with E-state index >= 15 is 0 Å². The molecule has 46 heavy (non-hydrogen) atoms. The molecule has 14 heteroatoms. The van der Waals surface area contributed by atoms with E-state index in [0.717, 1.165) is 5.56 Å². The topological polar surface area (TPSA) is 150 Å². The molecule has 238 valence electrons. The average Bonchev–Trinajstić information content (AvgIpc) is 3.61. The summed E-state index contributed by atoms with van der Waals surface area (Å²) in [5, 5.41) is 13.4. The number of amides is 3. The Bertz CT molecular complexity index is 1730. The highest BCUT2D eigenvalue weighted by atomic mass is 19.1. The molecule has 2 aliphatic heterocycles. The second-order valence-corrected chi connectivity index (χ2v) is 11.0. The van der Waals surface area contributed by atoms with Crippen LogP contribution in [0.15, 0.2) is 67.3 Å². The van der Waals surface area contributed by atoms with Gasteiger partial charge in [-0.2, -0.15) is 0 Å². The van der Waals surface area contributed by atoms with Gasteiger partial charge in [-0.15, -0.1) is 10.2 Å². The van der Waals surface area contributed by atoms with E-state index < -0.39 is 23.9 Å². The minimum absolute atomic E-state index is 0.102. The first-order valence-corrected chi connectivity index (χ1v) is 14.8. The number of rotatable bonds is 3. The van der Waals surface area contributed by atoms with Gasteiger partial charge in [0.2, 0.25) is 5.91 Å². The summed E-state index contributed by atoms with van der Waals surface area (Å²) in [6, 6.07) is 13.9. The number of aromatic nitrogens is 4. The van der Waals surface area contributed by atoms with Crippen molar-refractivity contribution in [1.29, 1.82) is 0 Å². The number of hydrogen-bond acceptors (Lipinski definition) is 9. The van der Waals surface area contributed by atoms with Gasteiger partial charge >= 0.3 is 0 Å². The second kappa shape index (κ2) is 13.6. The van der Waals surface area contributed by atoms with Gasteiger partial charge in [-0.3, -0.25) is 19.0 Å². The van der Waals surface area contributed by atoms with Crippen LogP contribution in [0.2, 0.25) is 0 Å². The average molecular weight is 630 g/mol. The molecular weight excluding hydrogens is 597 g/mol. The number of ether oxygens (including phenoxy) is 3. The maximum Gasteiger partial charge on any atom is 0.272 e. The Hall–Kier alpha value is -5.53. The Morgan fingerprint density at radius 2 is 1.87 bits per heavy atom. The lowest BCUT2D eigenvalue weighted by Crippen LogP contribution is -2.58. The molecule has 4 bridgehead atoms. The van der Waals surface area contributed by atoms with Gasteiger partial charge in [0, 0.05) is 38.5 Å². The first-order valence-electron chi connectivity index (χ1n) is 14.8. The fraction of sp³-hybridized carbons (Fsp3) is 0.312. The third-order valence-corrected chi connectivity index (χ3v) is 7.76. The van der Waals surface area contributed by atoms with Gasteiger partial charge in [0.05, 0.1) is 13.2 Å². The van der Waals surface area contributed by atoms with Gasteiger partial charge in [0.15, 0.2) is 18.1 Å². The summed E-state index contributed by atoms with van der Waals surface area (Å²) in [7, 11) is 1.50. The SMILES string of the molecule is COc1ccc2cc1OCC(=O)N[C@@H]1CN(C(=O)c3cccc(-n4cnnc4)n3)CC[C@H]1Oc1cc(F)cc(c1)CNC(=O)CC2. The van der Waals surface area contributed by atoms with Gasteiger partial charge in [0.1, 0.15) is 41.8 Å². The minimum Gasteiger partial charge on any atom is -0.493 e. The van der Waals surface area contributed by atoms with Gasteiger partial charge in [0.25, 0.3) is 11.8 Å². The fourth-order valence-corrected chi connectivity index (χ4v) is 5.46. The van der Waals surface area contributed by atoms with Gasteiger partial charge in [-0.05, 0) is 53.9 Å². The van der Waals surface area contributed by atoms with Crippen molar-refractivity contribution < 1.29 is 33.0 Å². The van der Waals surface area contributed by atoms with Crippen LogP contribution in [0.5, 0.6) is 17.2 Å². The first-order chi connectivity index (χ1) is 22.3. The smallest absolute Gasteiger partial charge is 0.272 e. The number of hydrogen-bond donors (Lipinski definition) is 2. The molecule has 0 saturated carbocycles. The van der Waals surface area contributed by atoms with Crippen LogP contribution in [0.3, 0.4) is 0 Å². The summed E-state index contributed by atoms with van der Waals surface area (Å²) >= 11 is 0. The van der Waals surface area contributed by atoms with E-state index in [2.05, 4.69) is 25.8 Å². The zero-order chi connectivity index (χ0) is 32.0. The van der Waals surface area contributed by atoms with Crippen molar-refractivity contribution in [2.45, 2.75) is 38.0 Å². The molecule has 0 unspecified atom stereocenters. The maximum absolute atomic E-state index is 14.6. The standard InChI is InChI=1S/C32H32FN7O6/c1-44-27-7-5-20-6-8-30(41)34-15-21-11-22(33)14-23(12-21)46-26-9-10-39(16-25(26)38-31(42)17-45-28(27)13-20)32(43)24-3-2-4-29(37-24)40-18-35-36-19-40/h2-5,7,11-14,18-19,25-26H,6,8-10,15-17H2,1H3,(H,34,41)(H,38,42)/t25-,26-/m1/s1. The normalized spacial score (nSPS) is 18.9. The summed E-state index contributed by atoms with van der Waals surface area (Å²) in [6.07, 6.45) is 3.31. The van der Waals surface area contributed by atoms with Crippen LogP contribution in [-0.2, 0) is 22.6 Å². The van der Waals surface area contributed by atoms with E-state index in [1.165, 1.54) is 31.9 Å². The van der Waals surface area contributed by atoms with Crippen molar-refractivity contribution in [1.82, 2.24) is 35.3 Å². The maximum atomic E-state index is 14.6. The molecule has 3 amide bonds. The molecular formula is C32H32FN7O6. The van der Waals surface area contributed by atoms with Crippen LogP contribution >= 0.6 is 0 Å². The molecule has 13 nitrogen and oxygen atoms in total. The monoisotopic (exact) mass is 629 g/mol. The van der Waals surface area contributed by atoms with E-state index in [0.29, 0.717) is 42.3 Å². The molecule has 4 aromatic rings. The Labute approximate surface area is 263 Å². The quantitative estimate of drug-likeness (QED) is 0.348. The molecule has 0 radical (unpaired) electrons. The van der Waals surface area contributed by atoms with E-state index in [-0.39, 0.29) is 49.4 Å². The number of benzene rings is 2. The lowest BCUT2D eigenvalue weighted by Gasteiger charge is -2.38. The van der Waals surface area contributed by atoms with Gasteiger partial charge < -0.3 is 29.7 Å². The number of fused-ring (bicyclic) bond motifs is 5. The molecule has 2 N–H and O–H groups in total. The van der Waals surface area contributed by atoms with Crippen molar-refractivity contribution in [3.63, 3.8) is 0 Å². The number of nitrogens with zero attached hydrogens (tertiary/aromatic N) is 5. The number of nitrogens with one attached hydrogen (secondary N) is 2. The van der Waals surface area contributed by atoms with E-state index in [4.69, 9.17) is 14.2 Å². The van der Waals surface area contributed by atoms with Gasteiger partial charge in [-0.25, -0.2) is 9.37 Å². The Balaban J connectivity index is 1.26. The lowest BCUT2D eigenvalue weighted by molar-refractivity contribution is -0.125. The zero-order valence-corrected chi connectivity index (χ0v) is 25.0. The number of piperidine rings is 1. The summed E-state index contributed by atoms with van der Waals surface area (Å²) in [5.41, 5.74) is 1.55. The van der Waals surface area contributed by atoms with Crippen molar-refractivity contribution in [2.75, 3.05) is 26.8 Å². The van der Waals surface area contributed by atoms with Crippen molar-refractivity contribution in [3.8, 4) is 23.1 Å². The fourth-order valence-electron chi connectivity index (χ4n) is 5.46. The van der Waals surface area contributed by atoms with E-state index in [1.54, 1.807) is 45.9 Å².